The number of hydrogen-bond donors (Lipinski definition) is 0. The minimum Gasteiger partial charge on any atom is -0.454 e. The van der Waals surface area contributed by atoms with Crippen LogP contribution in [0.2, 0.25) is 0 Å². The predicted molar refractivity (Wildman–Crippen MR) is 161 cm³/mol. The van der Waals surface area contributed by atoms with Crippen molar-refractivity contribution in [1.29, 1.82) is 0 Å². The first-order valence-corrected chi connectivity index (χ1v) is 15.8. The summed E-state index contributed by atoms with van der Waals surface area (Å²) in [5.74, 6) is -0.566. The summed E-state index contributed by atoms with van der Waals surface area (Å²) in [7, 11) is 0. The Morgan fingerprint density at radius 1 is 0.837 bits per heavy atom. The summed E-state index contributed by atoms with van der Waals surface area (Å²) in [6, 6.07) is 25.8. The fourth-order valence-corrected chi connectivity index (χ4v) is 6.54. The summed E-state index contributed by atoms with van der Waals surface area (Å²) in [5, 5.41) is 0. The second kappa shape index (κ2) is 12.3. The average molecular weight is 605 g/mol. The van der Waals surface area contributed by atoms with Gasteiger partial charge in [-0.2, -0.15) is 0 Å². The molecule has 3 aromatic rings. The Bertz CT molecular complexity index is 1410. The smallest absolute Gasteiger partial charge is 0.454 e. The lowest BCUT2D eigenvalue weighted by Gasteiger charge is -2.48. The number of carbonyl (C=O) groups is 2. The van der Waals surface area contributed by atoms with Crippen LogP contribution in [-0.2, 0) is 33.2 Å². The van der Waals surface area contributed by atoms with E-state index in [-0.39, 0.29) is 19.1 Å². The first kappa shape index (κ1) is 29.7. The van der Waals surface area contributed by atoms with Crippen molar-refractivity contribution >= 4 is 23.9 Å². The number of rotatable bonds is 6. The molecule has 0 bridgehead atoms. The Hall–Kier alpha value is -3.37. The lowest BCUT2D eigenvalue weighted by molar-refractivity contribution is -0.320. The first-order chi connectivity index (χ1) is 20.7. The number of esters is 1. The molecule has 0 saturated carbocycles. The molecule has 3 aliphatic rings. The Labute approximate surface area is 255 Å². The highest BCUT2D eigenvalue weighted by Gasteiger charge is 2.54. The number of hydrogen-bond acceptors (Lipinski definition) is 9. The van der Waals surface area contributed by atoms with Crippen LogP contribution in [0.3, 0.4) is 0 Å². The maximum Gasteiger partial charge on any atom is 0.508 e. The topological polar surface area (TPSA) is 89.5 Å². The molecule has 0 radical (unpaired) electrons. The number of thioether (sulfide) groups is 1. The van der Waals surface area contributed by atoms with Crippen LogP contribution in [0.1, 0.15) is 49.7 Å². The molecule has 2 fully saturated rings. The highest BCUT2D eigenvalue weighted by Crippen LogP contribution is 2.45. The fraction of sp³-hybridized carbons (Fsp3) is 0.412. The van der Waals surface area contributed by atoms with Crippen LogP contribution >= 0.6 is 11.8 Å². The molecule has 0 aromatic heterocycles. The predicted octanol–water partition coefficient (Wildman–Crippen LogP) is 6.48. The molecule has 2 aliphatic heterocycles. The van der Waals surface area contributed by atoms with Crippen molar-refractivity contribution in [3.8, 4) is 11.1 Å². The lowest BCUT2D eigenvalue weighted by atomic mass is 9.95. The van der Waals surface area contributed by atoms with Crippen molar-refractivity contribution in [2.24, 2.45) is 5.41 Å². The van der Waals surface area contributed by atoms with Gasteiger partial charge in [0.05, 0.1) is 12.0 Å². The zero-order valence-electron chi connectivity index (χ0n) is 24.6. The second-order valence-electron chi connectivity index (χ2n) is 11.9. The van der Waals surface area contributed by atoms with Crippen LogP contribution in [0.15, 0.2) is 78.9 Å². The Morgan fingerprint density at radius 2 is 1.47 bits per heavy atom. The van der Waals surface area contributed by atoms with E-state index < -0.39 is 53.7 Å². The summed E-state index contributed by atoms with van der Waals surface area (Å²) in [5.41, 5.74) is 3.88. The highest BCUT2D eigenvalue weighted by atomic mass is 32.2. The van der Waals surface area contributed by atoms with Gasteiger partial charge >= 0.3 is 12.1 Å². The molecule has 226 valence electrons. The van der Waals surface area contributed by atoms with E-state index in [4.69, 9.17) is 28.4 Å². The van der Waals surface area contributed by atoms with Gasteiger partial charge in [0, 0.05) is 11.5 Å². The molecule has 2 heterocycles. The number of benzene rings is 3. The van der Waals surface area contributed by atoms with Crippen molar-refractivity contribution in [3.63, 3.8) is 0 Å². The summed E-state index contributed by atoms with van der Waals surface area (Å²) in [4.78, 5) is 26.5. The van der Waals surface area contributed by atoms with Gasteiger partial charge < -0.3 is 28.4 Å². The maximum absolute atomic E-state index is 13.4. The monoisotopic (exact) mass is 604 g/mol. The molecule has 6 atom stereocenters. The molecule has 6 rings (SSSR count). The van der Waals surface area contributed by atoms with E-state index in [0.717, 1.165) is 27.8 Å². The average Bonchev–Trinajstić information content (AvgIpc) is 3.34. The zero-order valence-corrected chi connectivity index (χ0v) is 25.5. The standard InChI is InChI=1S/C34H36O8S/c1-34(2,3)32(35)41-29-28(27-26(39-31(29)43-4)19-37-30(40-27)20-12-6-5-7-13-20)42-33(36)38-18-25-23-16-10-8-14-21(23)22-15-9-11-17-24(22)25/h5-17,25-31H,18-19H2,1-4H3/t26-,27+,28+,29-,30?,31+/m1/s1. The fourth-order valence-electron chi connectivity index (χ4n) is 5.81. The molecular formula is C34H36O8S. The summed E-state index contributed by atoms with van der Waals surface area (Å²) >= 11 is 1.37. The van der Waals surface area contributed by atoms with E-state index in [0.29, 0.717) is 0 Å². The Kier molecular flexibility index (Phi) is 8.51. The van der Waals surface area contributed by atoms with E-state index in [1.165, 1.54) is 11.8 Å². The highest BCUT2D eigenvalue weighted by molar-refractivity contribution is 7.99. The van der Waals surface area contributed by atoms with Crippen molar-refractivity contribution in [1.82, 2.24) is 0 Å². The van der Waals surface area contributed by atoms with Crippen LogP contribution in [-0.4, -0.2) is 61.4 Å². The van der Waals surface area contributed by atoms with Gasteiger partial charge in [-0.1, -0.05) is 78.9 Å². The van der Waals surface area contributed by atoms with E-state index in [2.05, 4.69) is 24.3 Å². The molecule has 0 N–H and O–H groups in total. The van der Waals surface area contributed by atoms with E-state index in [1.54, 1.807) is 20.8 Å². The number of carbonyl (C=O) groups excluding carboxylic acids is 2. The molecule has 43 heavy (non-hydrogen) atoms. The molecule has 1 unspecified atom stereocenters. The molecule has 9 heteroatoms. The van der Waals surface area contributed by atoms with Crippen LogP contribution in [0.4, 0.5) is 4.79 Å². The van der Waals surface area contributed by atoms with Crippen molar-refractivity contribution < 1.29 is 38.0 Å². The van der Waals surface area contributed by atoms with Crippen molar-refractivity contribution in [2.45, 2.75) is 62.8 Å². The first-order valence-electron chi connectivity index (χ1n) is 14.5. The van der Waals surface area contributed by atoms with Gasteiger partial charge in [0.25, 0.3) is 0 Å². The summed E-state index contributed by atoms with van der Waals surface area (Å²) < 4.78 is 36.5. The Balaban J connectivity index is 1.24. The van der Waals surface area contributed by atoms with E-state index in [1.807, 2.05) is 60.9 Å². The molecule has 3 aromatic carbocycles. The minimum absolute atomic E-state index is 0.0964. The Morgan fingerprint density at radius 3 is 2.09 bits per heavy atom. The molecule has 8 nitrogen and oxygen atoms in total. The third-order valence-electron chi connectivity index (χ3n) is 8.01. The van der Waals surface area contributed by atoms with E-state index in [9.17, 15) is 9.59 Å². The molecule has 2 saturated heterocycles. The number of ether oxygens (including phenoxy) is 6. The van der Waals surface area contributed by atoms with Gasteiger partial charge in [-0.25, -0.2) is 4.79 Å². The van der Waals surface area contributed by atoms with Crippen LogP contribution in [0.5, 0.6) is 0 Å². The summed E-state index contributed by atoms with van der Waals surface area (Å²) in [6.45, 7) is 5.63. The largest absolute Gasteiger partial charge is 0.508 e. The quantitative estimate of drug-likeness (QED) is 0.293. The summed E-state index contributed by atoms with van der Waals surface area (Å²) in [6.07, 6.45) is -2.95. The zero-order chi connectivity index (χ0) is 30.1. The molecule has 0 spiro atoms. The van der Waals surface area contributed by atoms with Gasteiger partial charge in [0.1, 0.15) is 24.3 Å². The maximum atomic E-state index is 13.4. The van der Waals surface area contributed by atoms with E-state index >= 15 is 0 Å². The second-order valence-corrected chi connectivity index (χ2v) is 12.9. The van der Waals surface area contributed by atoms with Crippen LogP contribution in [0, 0.1) is 5.41 Å². The van der Waals surface area contributed by atoms with Crippen LogP contribution in [0.25, 0.3) is 11.1 Å². The molecule has 1 aliphatic carbocycles. The minimum atomic E-state index is -0.992. The lowest BCUT2D eigenvalue weighted by Crippen LogP contribution is -2.63. The van der Waals surface area contributed by atoms with Gasteiger partial charge in [-0.05, 0) is 49.3 Å². The normalized spacial score (nSPS) is 26.5. The van der Waals surface area contributed by atoms with Gasteiger partial charge in [0.2, 0.25) is 0 Å². The molecular weight excluding hydrogens is 568 g/mol. The van der Waals surface area contributed by atoms with Gasteiger partial charge in [0.15, 0.2) is 18.5 Å². The number of fused-ring (bicyclic) bond motifs is 4. The molecule has 0 amide bonds. The third-order valence-corrected chi connectivity index (χ3v) is 8.85. The van der Waals surface area contributed by atoms with Gasteiger partial charge in [-0.15, -0.1) is 11.8 Å². The SMILES string of the molecule is CS[C@@H]1O[C@@H]2COC(c3ccccc3)O[C@@H]2[C@H](OC(=O)OCC2c3ccccc3-c3ccccc32)[C@H]1OC(=O)C(C)(C)C. The van der Waals surface area contributed by atoms with Gasteiger partial charge in [-0.3, -0.25) is 4.79 Å². The third kappa shape index (κ3) is 6.04. The van der Waals surface area contributed by atoms with Crippen molar-refractivity contribution in [3.05, 3.63) is 95.6 Å². The van der Waals surface area contributed by atoms with Crippen LogP contribution < -0.4 is 0 Å². The van der Waals surface area contributed by atoms with Crippen molar-refractivity contribution in [2.75, 3.05) is 19.5 Å².